The molecule has 0 spiro atoms. The minimum atomic E-state index is -4.65. The molecule has 1 saturated heterocycles. The summed E-state index contributed by atoms with van der Waals surface area (Å²) in [5.41, 5.74) is 0.182. The van der Waals surface area contributed by atoms with E-state index >= 15 is 0 Å². The van der Waals surface area contributed by atoms with Crippen LogP contribution in [0.3, 0.4) is 0 Å². The van der Waals surface area contributed by atoms with Crippen LogP contribution in [-0.2, 0) is 17.5 Å². The van der Waals surface area contributed by atoms with Gasteiger partial charge in [0.15, 0.2) is 0 Å². The smallest absolute Gasteiger partial charge is 0.417 e. The van der Waals surface area contributed by atoms with Gasteiger partial charge in [0.1, 0.15) is 5.60 Å². The fourth-order valence-electron chi connectivity index (χ4n) is 2.88. The van der Waals surface area contributed by atoms with Crippen LogP contribution in [0.5, 0.6) is 0 Å². The Morgan fingerprint density at radius 3 is 2.25 bits per heavy atom. The van der Waals surface area contributed by atoms with Gasteiger partial charge in [-0.2, -0.15) is 13.2 Å². The Hall–Kier alpha value is -2.33. The first-order chi connectivity index (χ1) is 12.9. The fourth-order valence-corrected chi connectivity index (χ4v) is 2.88. The van der Waals surface area contributed by atoms with Crippen LogP contribution in [0.25, 0.3) is 0 Å². The molecule has 0 radical (unpaired) electrons. The zero-order valence-corrected chi connectivity index (χ0v) is 16.1. The highest BCUT2D eigenvalue weighted by Crippen LogP contribution is 2.32. The van der Waals surface area contributed by atoms with Gasteiger partial charge < -0.3 is 9.64 Å². The summed E-state index contributed by atoms with van der Waals surface area (Å²) in [6.07, 6.45) is -5.04. The van der Waals surface area contributed by atoms with Crippen molar-refractivity contribution in [3.63, 3.8) is 0 Å². The van der Waals surface area contributed by atoms with Gasteiger partial charge in [-0.1, -0.05) is 6.07 Å². The van der Waals surface area contributed by atoms with Crippen molar-refractivity contribution < 1.29 is 27.5 Å². The number of ether oxygens (including phenoxy) is 1. The van der Waals surface area contributed by atoms with Crippen molar-refractivity contribution in [3.05, 3.63) is 34.9 Å². The summed E-state index contributed by atoms with van der Waals surface area (Å²) in [5, 5.41) is 0. The third kappa shape index (κ3) is 5.83. The second-order valence-electron chi connectivity index (χ2n) is 7.59. The Morgan fingerprint density at radius 2 is 1.75 bits per heavy atom. The molecule has 1 aromatic carbocycles. The van der Waals surface area contributed by atoms with E-state index in [9.17, 15) is 22.8 Å². The van der Waals surface area contributed by atoms with Gasteiger partial charge in [0.05, 0.1) is 11.1 Å². The molecule has 1 aromatic rings. The molecule has 0 bridgehead atoms. The molecule has 1 fully saturated rings. The SMILES string of the molecule is CC(C)(C)OC(=O)N1CCN(Cc2ccc(C(F)(F)F)c(C(=O)NN)c2)CC1. The van der Waals surface area contributed by atoms with Gasteiger partial charge in [-0.3, -0.25) is 15.1 Å². The minimum absolute atomic E-state index is 0.352. The number of piperazine rings is 1. The number of alkyl halides is 3. The molecule has 28 heavy (non-hydrogen) atoms. The zero-order valence-electron chi connectivity index (χ0n) is 16.1. The van der Waals surface area contributed by atoms with E-state index in [-0.39, 0.29) is 6.09 Å². The number of nitrogens with zero attached hydrogens (tertiary/aromatic N) is 2. The average molecular weight is 402 g/mol. The zero-order chi connectivity index (χ0) is 21.1. The summed E-state index contributed by atoms with van der Waals surface area (Å²) in [4.78, 5) is 27.4. The Kier molecular flexibility index (Phi) is 6.56. The molecule has 0 saturated carbocycles. The first-order valence-corrected chi connectivity index (χ1v) is 8.82. The lowest BCUT2D eigenvalue weighted by molar-refractivity contribution is -0.137. The number of carbonyl (C=O) groups excluding carboxylic acids is 2. The number of nitrogen functional groups attached to an aromatic ring is 1. The minimum Gasteiger partial charge on any atom is -0.444 e. The molecule has 2 rings (SSSR count). The molecule has 2 amide bonds. The van der Waals surface area contributed by atoms with Crippen molar-refractivity contribution in [2.75, 3.05) is 26.2 Å². The van der Waals surface area contributed by atoms with E-state index in [1.165, 1.54) is 12.1 Å². The third-order valence-corrected chi connectivity index (χ3v) is 4.20. The van der Waals surface area contributed by atoms with Crippen LogP contribution in [0.1, 0.15) is 42.3 Å². The molecule has 10 heteroatoms. The third-order valence-electron chi connectivity index (χ3n) is 4.20. The standard InChI is InChI=1S/C18H25F3N4O3/c1-17(2,3)28-16(27)25-8-6-24(7-9-25)11-12-4-5-14(18(19,20)21)13(10-12)15(26)23-22/h4-5,10H,6-9,11,22H2,1-3H3,(H,23,26). The molecule has 0 unspecified atom stereocenters. The number of nitrogens with two attached hydrogens (primary N) is 1. The molecule has 1 aliphatic heterocycles. The summed E-state index contributed by atoms with van der Waals surface area (Å²) in [6.45, 7) is 7.71. The molecule has 0 aromatic heterocycles. The van der Waals surface area contributed by atoms with Crippen LogP contribution in [0.2, 0.25) is 0 Å². The number of rotatable bonds is 3. The number of amides is 2. The maximum Gasteiger partial charge on any atom is 0.417 e. The van der Waals surface area contributed by atoms with Crippen LogP contribution in [0, 0.1) is 0 Å². The summed E-state index contributed by atoms with van der Waals surface area (Å²) < 4.78 is 44.6. The van der Waals surface area contributed by atoms with E-state index in [2.05, 4.69) is 0 Å². The quantitative estimate of drug-likeness (QED) is 0.460. The van der Waals surface area contributed by atoms with E-state index < -0.39 is 28.8 Å². The molecule has 3 N–H and O–H groups in total. The van der Waals surface area contributed by atoms with Gasteiger partial charge in [0.2, 0.25) is 0 Å². The van der Waals surface area contributed by atoms with Gasteiger partial charge in [-0.25, -0.2) is 10.6 Å². The van der Waals surface area contributed by atoms with Gasteiger partial charge in [0.25, 0.3) is 5.91 Å². The topological polar surface area (TPSA) is 87.9 Å². The number of halogens is 3. The van der Waals surface area contributed by atoms with Crippen LogP contribution >= 0.6 is 0 Å². The first-order valence-electron chi connectivity index (χ1n) is 8.82. The van der Waals surface area contributed by atoms with Crippen molar-refractivity contribution in [1.82, 2.24) is 15.2 Å². The Bertz CT molecular complexity index is 724. The maximum atomic E-state index is 13.1. The highest BCUT2D eigenvalue weighted by Gasteiger charge is 2.35. The summed E-state index contributed by atoms with van der Waals surface area (Å²) in [6, 6.07) is 3.43. The van der Waals surface area contributed by atoms with Gasteiger partial charge in [-0.15, -0.1) is 0 Å². The second-order valence-corrected chi connectivity index (χ2v) is 7.59. The predicted octanol–water partition coefficient (Wildman–Crippen LogP) is 2.36. The highest BCUT2D eigenvalue weighted by atomic mass is 19.4. The van der Waals surface area contributed by atoms with E-state index in [1.807, 2.05) is 4.90 Å². The Morgan fingerprint density at radius 1 is 1.14 bits per heavy atom. The van der Waals surface area contributed by atoms with Crippen molar-refractivity contribution in [2.24, 2.45) is 5.84 Å². The Balaban J connectivity index is 2.03. The number of nitrogens with one attached hydrogen (secondary N) is 1. The summed E-state index contributed by atoms with van der Waals surface area (Å²) in [5.74, 6) is 4.01. The van der Waals surface area contributed by atoms with Gasteiger partial charge in [0, 0.05) is 32.7 Å². The van der Waals surface area contributed by atoms with E-state index in [4.69, 9.17) is 10.6 Å². The first kappa shape index (κ1) is 22.0. The van der Waals surface area contributed by atoms with Crippen molar-refractivity contribution in [2.45, 2.75) is 39.1 Å². The second kappa shape index (κ2) is 8.36. The van der Waals surface area contributed by atoms with E-state index in [0.29, 0.717) is 38.3 Å². The number of carbonyl (C=O) groups is 2. The molecular weight excluding hydrogens is 377 g/mol. The van der Waals surface area contributed by atoms with Crippen LogP contribution in [-0.4, -0.2) is 53.6 Å². The largest absolute Gasteiger partial charge is 0.444 e. The monoisotopic (exact) mass is 402 g/mol. The lowest BCUT2D eigenvalue weighted by Crippen LogP contribution is -2.49. The normalized spacial score (nSPS) is 16.0. The average Bonchev–Trinajstić information content (AvgIpc) is 2.59. The Labute approximate surface area is 161 Å². The predicted molar refractivity (Wildman–Crippen MR) is 96.2 cm³/mol. The van der Waals surface area contributed by atoms with Crippen molar-refractivity contribution in [3.8, 4) is 0 Å². The molecular formula is C18H25F3N4O3. The molecule has 7 nitrogen and oxygen atoms in total. The molecule has 0 atom stereocenters. The van der Waals surface area contributed by atoms with Crippen molar-refractivity contribution >= 4 is 12.0 Å². The van der Waals surface area contributed by atoms with Gasteiger partial charge in [-0.05, 0) is 38.5 Å². The van der Waals surface area contributed by atoms with E-state index in [0.717, 1.165) is 6.07 Å². The number of hydrazine groups is 1. The number of benzene rings is 1. The lowest BCUT2D eigenvalue weighted by Gasteiger charge is -2.35. The van der Waals surface area contributed by atoms with Crippen molar-refractivity contribution in [1.29, 1.82) is 0 Å². The van der Waals surface area contributed by atoms with Crippen LogP contribution in [0.15, 0.2) is 18.2 Å². The van der Waals surface area contributed by atoms with Crippen LogP contribution in [0.4, 0.5) is 18.0 Å². The molecule has 1 heterocycles. The maximum absolute atomic E-state index is 13.1. The molecule has 0 aliphatic carbocycles. The van der Waals surface area contributed by atoms with Gasteiger partial charge >= 0.3 is 12.3 Å². The summed E-state index contributed by atoms with van der Waals surface area (Å²) >= 11 is 0. The number of hydrogen-bond acceptors (Lipinski definition) is 5. The lowest BCUT2D eigenvalue weighted by atomic mass is 10.0. The highest BCUT2D eigenvalue weighted by molar-refractivity contribution is 5.95. The molecule has 156 valence electrons. The summed E-state index contributed by atoms with van der Waals surface area (Å²) in [7, 11) is 0. The molecule has 1 aliphatic rings. The number of hydrogen-bond donors (Lipinski definition) is 2. The fraction of sp³-hybridized carbons (Fsp3) is 0.556. The van der Waals surface area contributed by atoms with Crippen LogP contribution < -0.4 is 11.3 Å². The van der Waals surface area contributed by atoms with E-state index in [1.54, 1.807) is 31.1 Å².